The van der Waals surface area contributed by atoms with Crippen LogP contribution in [0.3, 0.4) is 0 Å². The third-order valence-corrected chi connectivity index (χ3v) is 6.04. The van der Waals surface area contributed by atoms with Gasteiger partial charge in [-0.1, -0.05) is 18.2 Å². The van der Waals surface area contributed by atoms with Crippen LogP contribution in [0, 0.1) is 13.8 Å². The van der Waals surface area contributed by atoms with Crippen LogP contribution in [0.4, 0.5) is 11.4 Å². The topological polar surface area (TPSA) is 62.6 Å². The molecule has 1 aliphatic heterocycles. The Balaban J connectivity index is 1.57. The zero-order valence-corrected chi connectivity index (χ0v) is 17.2. The summed E-state index contributed by atoms with van der Waals surface area (Å²) in [6.45, 7) is 3.95. The van der Waals surface area contributed by atoms with Gasteiger partial charge in [-0.3, -0.25) is 9.59 Å². The van der Waals surface area contributed by atoms with Gasteiger partial charge in [-0.15, -0.1) is 11.8 Å². The summed E-state index contributed by atoms with van der Waals surface area (Å²) in [6, 6.07) is 17.3. The molecule has 1 aromatic heterocycles. The van der Waals surface area contributed by atoms with Crippen LogP contribution >= 0.6 is 11.8 Å². The normalized spacial score (nSPS) is 16.3. The second-order valence-electron chi connectivity index (χ2n) is 7.20. The predicted octanol–water partition coefficient (Wildman–Crippen LogP) is 5.11. The van der Waals surface area contributed by atoms with Crippen LogP contribution in [-0.2, 0) is 9.59 Å². The number of anilines is 2. The van der Waals surface area contributed by atoms with Gasteiger partial charge < -0.3 is 14.6 Å². The van der Waals surface area contributed by atoms with Gasteiger partial charge in [0.15, 0.2) is 0 Å². The number of rotatable bonds is 4. The highest BCUT2D eigenvalue weighted by molar-refractivity contribution is 7.99. The third-order valence-electron chi connectivity index (χ3n) is 4.75. The molecule has 1 N–H and O–H groups in total. The fraction of sp³-hybridized carbons (Fsp3) is 0.217. The summed E-state index contributed by atoms with van der Waals surface area (Å²) in [5.74, 6) is 0.443. The van der Waals surface area contributed by atoms with Crippen molar-refractivity contribution in [3.63, 3.8) is 0 Å². The van der Waals surface area contributed by atoms with Gasteiger partial charge in [-0.2, -0.15) is 0 Å². The number of amides is 2. The lowest BCUT2D eigenvalue weighted by Crippen LogP contribution is -2.38. The Kier molecular flexibility index (Phi) is 5.45. The molecule has 0 spiro atoms. The molecule has 0 bridgehead atoms. The molecular formula is C23H22N2O3S. The van der Waals surface area contributed by atoms with Gasteiger partial charge in [0.1, 0.15) is 12.3 Å². The van der Waals surface area contributed by atoms with Crippen LogP contribution < -0.4 is 10.2 Å². The van der Waals surface area contributed by atoms with E-state index in [0.29, 0.717) is 0 Å². The molecule has 2 aromatic carbocycles. The van der Waals surface area contributed by atoms with E-state index in [9.17, 15) is 9.59 Å². The van der Waals surface area contributed by atoms with Crippen LogP contribution in [-0.4, -0.2) is 18.4 Å². The van der Waals surface area contributed by atoms with Crippen molar-refractivity contribution in [2.45, 2.75) is 30.4 Å². The maximum atomic E-state index is 13.1. The van der Waals surface area contributed by atoms with Crippen LogP contribution in [0.1, 0.15) is 28.6 Å². The molecule has 0 radical (unpaired) electrons. The standard InChI is InChI=1S/C23H22N2O3S/c1-15-10-16(2)12-17(11-15)24-22(26)14-25-18-6-3-4-8-20(18)29-21(13-23(25)27)19-7-5-9-28-19/h3-12,21H,13-14H2,1-2H3,(H,24,26). The number of carbonyl (C=O) groups is 2. The Hall–Kier alpha value is -2.99. The van der Waals surface area contributed by atoms with Crippen molar-refractivity contribution in [1.29, 1.82) is 0 Å². The molecule has 6 heteroatoms. The minimum atomic E-state index is -0.223. The van der Waals surface area contributed by atoms with Crippen LogP contribution in [0.15, 0.2) is 70.2 Å². The van der Waals surface area contributed by atoms with E-state index in [4.69, 9.17) is 4.42 Å². The number of hydrogen-bond acceptors (Lipinski definition) is 4. The highest BCUT2D eigenvalue weighted by atomic mass is 32.2. The number of nitrogens with zero attached hydrogens (tertiary/aromatic N) is 1. The van der Waals surface area contributed by atoms with E-state index in [2.05, 4.69) is 11.4 Å². The molecule has 148 valence electrons. The number of carbonyl (C=O) groups excluding carboxylic acids is 2. The first kappa shape index (κ1) is 19.3. The zero-order valence-electron chi connectivity index (χ0n) is 16.3. The van der Waals surface area contributed by atoms with Crippen LogP contribution in [0.5, 0.6) is 0 Å². The highest BCUT2D eigenvalue weighted by Crippen LogP contribution is 2.45. The molecule has 4 rings (SSSR count). The molecule has 0 aliphatic carbocycles. The number of nitrogens with one attached hydrogen (secondary N) is 1. The van der Waals surface area contributed by atoms with E-state index in [1.54, 1.807) is 22.9 Å². The Morgan fingerprint density at radius 1 is 1.14 bits per heavy atom. The average molecular weight is 407 g/mol. The van der Waals surface area contributed by atoms with Crippen molar-refractivity contribution in [3.8, 4) is 0 Å². The molecular weight excluding hydrogens is 384 g/mol. The molecule has 2 heterocycles. The minimum absolute atomic E-state index is 0.0335. The van der Waals surface area contributed by atoms with E-state index < -0.39 is 0 Å². The lowest BCUT2D eigenvalue weighted by molar-refractivity contribution is -0.121. The molecule has 0 fully saturated rings. The van der Waals surface area contributed by atoms with Crippen LogP contribution in [0.25, 0.3) is 0 Å². The SMILES string of the molecule is Cc1cc(C)cc(NC(=O)CN2C(=O)CC(c3ccco3)Sc3ccccc32)c1. The van der Waals surface area contributed by atoms with Gasteiger partial charge in [0.2, 0.25) is 11.8 Å². The van der Waals surface area contributed by atoms with Gasteiger partial charge in [0.05, 0.1) is 17.2 Å². The lowest BCUT2D eigenvalue weighted by Gasteiger charge is -2.22. The first-order valence-electron chi connectivity index (χ1n) is 9.47. The summed E-state index contributed by atoms with van der Waals surface area (Å²) in [7, 11) is 0. The summed E-state index contributed by atoms with van der Waals surface area (Å²) in [5.41, 5.74) is 3.65. The van der Waals surface area contributed by atoms with E-state index in [1.807, 2.05) is 62.4 Å². The average Bonchev–Trinajstić information content (AvgIpc) is 3.16. The number of aryl methyl sites for hydroxylation is 2. The van der Waals surface area contributed by atoms with Gasteiger partial charge in [0.25, 0.3) is 0 Å². The molecule has 2 amide bonds. The maximum absolute atomic E-state index is 13.1. The van der Waals surface area contributed by atoms with Gasteiger partial charge in [-0.05, 0) is 61.4 Å². The fourth-order valence-electron chi connectivity index (χ4n) is 3.58. The summed E-state index contributed by atoms with van der Waals surface area (Å²) in [5, 5.41) is 2.80. The van der Waals surface area contributed by atoms with E-state index in [0.717, 1.165) is 33.2 Å². The summed E-state index contributed by atoms with van der Waals surface area (Å²) < 4.78 is 5.54. The molecule has 29 heavy (non-hydrogen) atoms. The van der Waals surface area contributed by atoms with Gasteiger partial charge in [-0.25, -0.2) is 0 Å². The van der Waals surface area contributed by atoms with Crippen molar-refractivity contribution in [2.75, 3.05) is 16.8 Å². The Bertz CT molecular complexity index is 1030. The lowest BCUT2D eigenvalue weighted by atomic mass is 10.1. The molecule has 3 aromatic rings. The first-order chi connectivity index (χ1) is 14.0. The third kappa shape index (κ3) is 4.38. The van der Waals surface area contributed by atoms with Crippen molar-refractivity contribution in [1.82, 2.24) is 0 Å². The molecule has 0 saturated carbocycles. The number of para-hydroxylation sites is 1. The van der Waals surface area contributed by atoms with Gasteiger partial charge in [0, 0.05) is 17.0 Å². The molecule has 0 saturated heterocycles. The molecule has 1 unspecified atom stereocenters. The summed E-state index contributed by atoms with van der Waals surface area (Å²) in [4.78, 5) is 28.4. The van der Waals surface area contributed by atoms with Crippen molar-refractivity contribution < 1.29 is 14.0 Å². The monoisotopic (exact) mass is 406 g/mol. The smallest absolute Gasteiger partial charge is 0.244 e. The minimum Gasteiger partial charge on any atom is -0.468 e. The van der Waals surface area contributed by atoms with Crippen molar-refractivity contribution >= 4 is 35.0 Å². The van der Waals surface area contributed by atoms with E-state index in [-0.39, 0.29) is 30.0 Å². The number of thioether (sulfide) groups is 1. The number of furan rings is 1. The first-order valence-corrected chi connectivity index (χ1v) is 10.3. The fourth-order valence-corrected chi connectivity index (χ4v) is 4.81. The largest absolute Gasteiger partial charge is 0.468 e. The van der Waals surface area contributed by atoms with Crippen LogP contribution in [0.2, 0.25) is 0 Å². The zero-order chi connectivity index (χ0) is 20.4. The quantitative estimate of drug-likeness (QED) is 0.654. The predicted molar refractivity (Wildman–Crippen MR) is 115 cm³/mol. The summed E-state index contributed by atoms with van der Waals surface area (Å²) >= 11 is 1.59. The Labute approximate surface area is 174 Å². The molecule has 1 atom stereocenters. The molecule has 5 nitrogen and oxygen atoms in total. The summed E-state index contributed by atoms with van der Waals surface area (Å²) in [6.07, 6.45) is 1.88. The van der Waals surface area contributed by atoms with Crippen molar-refractivity contribution in [3.05, 3.63) is 77.7 Å². The van der Waals surface area contributed by atoms with E-state index in [1.165, 1.54) is 0 Å². The maximum Gasteiger partial charge on any atom is 0.244 e. The number of fused-ring (bicyclic) bond motifs is 1. The second-order valence-corrected chi connectivity index (χ2v) is 8.44. The number of hydrogen-bond donors (Lipinski definition) is 1. The second kappa shape index (κ2) is 8.17. The number of benzene rings is 2. The van der Waals surface area contributed by atoms with Crippen molar-refractivity contribution in [2.24, 2.45) is 0 Å². The highest BCUT2D eigenvalue weighted by Gasteiger charge is 2.31. The Morgan fingerprint density at radius 2 is 1.90 bits per heavy atom. The Morgan fingerprint density at radius 3 is 2.62 bits per heavy atom. The molecule has 1 aliphatic rings. The van der Waals surface area contributed by atoms with Gasteiger partial charge >= 0.3 is 0 Å². The van der Waals surface area contributed by atoms with E-state index >= 15 is 0 Å².